The van der Waals surface area contributed by atoms with Crippen molar-refractivity contribution in [2.24, 2.45) is 11.8 Å². The number of carbonyl (C=O) groups is 1. The van der Waals surface area contributed by atoms with Crippen LogP contribution in [0.3, 0.4) is 0 Å². The highest BCUT2D eigenvalue weighted by atomic mass is 16.2. The van der Waals surface area contributed by atoms with Crippen molar-refractivity contribution >= 4 is 5.91 Å². The van der Waals surface area contributed by atoms with Crippen molar-refractivity contribution in [2.75, 3.05) is 13.1 Å². The van der Waals surface area contributed by atoms with Crippen LogP contribution in [0.2, 0.25) is 0 Å². The fourth-order valence-electron chi connectivity index (χ4n) is 4.11. The number of carbonyl (C=O) groups excluding carboxylic acids is 1. The van der Waals surface area contributed by atoms with Crippen molar-refractivity contribution in [3.8, 4) is 0 Å². The normalized spacial score (nSPS) is 26.1. The Labute approximate surface area is 138 Å². The summed E-state index contributed by atoms with van der Waals surface area (Å²) in [5.74, 6) is 1.39. The molecule has 0 bridgehead atoms. The van der Waals surface area contributed by atoms with Crippen molar-refractivity contribution in [1.82, 2.24) is 10.2 Å². The molecule has 0 aromatic heterocycles. The largest absolute Gasteiger partial charge is 0.332 e. The number of hydrogen-bond acceptors (Lipinski definition) is 2. The summed E-state index contributed by atoms with van der Waals surface area (Å²) >= 11 is 0. The number of fused-ring (bicyclic) bond motifs is 1. The van der Waals surface area contributed by atoms with Crippen LogP contribution in [0.15, 0.2) is 29.8 Å². The van der Waals surface area contributed by atoms with Crippen molar-refractivity contribution in [1.29, 1.82) is 0 Å². The van der Waals surface area contributed by atoms with E-state index in [4.69, 9.17) is 0 Å². The number of amides is 1. The van der Waals surface area contributed by atoms with Gasteiger partial charge in [0.25, 0.3) is 0 Å². The third-order valence-electron chi connectivity index (χ3n) is 5.93. The zero-order valence-electron chi connectivity index (χ0n) is 14.1. The summed E-state index contributed by atoms with van der Waals surface area (Å²) in [6, 6.07) is 6.89. The second kappa shape index (κ2) is 5.79. The molecule has 1 saturated heterocycles. The van der Waals surface area contributed by atoms with E-state index in [-0.39, 0.29) is 0 Å². The van der Waals surface area contributed by atoms with Crippen LogP contribution in [-0.4, -0.2) is 29.9 Å². The Morgan fingerprint density at radius 2 is 2.09 bits per heavy atom. The van der Waals surface area contributed by atoms with Crippen LogP contribution in [0.1, 0.15) is 36.0 Å². The van der Waals surface area contributed by atoms with E-state index in [9.17, 15) is 4.79 Å². The van der Waals surface area contributed by atoms with Gasteiger partial charge in [-0.3, -0.25) is 4.79 Å². The minimum absolute atomic E-state index is 0.296. The fourth-order valence-corrected chi connectivity index (χ4v) is 4.11. The average molecular weight is 310 g/mol. The quantitative estimate of drug-likeness (QED) is 0.927. The third-order valence-corrected chi connectivity index (χ3v) is 5.93. The Kier molecular flexibility index (Phi) is 3.76. The standard InChI is InChI=1S/C20H26N2O/c1-13-4-3-5-16(14(13)2)12-22(17-7-8-17)20(23)18-9-6-15-10-21-11-19(15)18/h3-5,9,15,17,19,21H,6-8,10-12H2,1-2H3. The first kappa shape index (κ1) is 14.9. The lowest BCUT2D eigenvalue weighted by atomic mass is 9.94. The number of benzene rings is 1. The average Bonchev–Trinajstić information content (AvgIpc) is 3.13. The summed E-state index contributed by atoms with van der Waals surface area (Å²) in [7, 11) is 0. The summed E-state index contributed by atoms with van der Waals surface area (Å²) < 4.78 is 0. The highest BCUT2D eigenvalue weighted by Crippen LogP contribution is 2.38. The number of nitrogens with zero attached hydrogens (tertiary/aromatic N) is 1. The van der Waals surface area contributed by atoms with E-state index in [1.165, 1.54) is 16.7 Å². The summed E-state index contributed by atoms with van der Waals surface area (Å²) in [5, 5.41) is 3.45. The molecule has 3 aliphatic rings. The minimum Gasteiger partial charge on any atom is -0.332 e. The maximum absolute atomic E-state index is 13.2. The lowest BCUT2D eigenvalue weighted by Gasteiger charge is -2.26. The smallest absolute Gasteiger partial charge is 0.250 e. The first-order valence-electron chi connectivity index (χ1n) is 8.92. The molecule has 1 aromatic carbocycles. The lowest BCUT2D eigenvalue weighted by Crippen LogP contribution is -2.36. The zero-order valence-corrected chi connectivity index (χ0v) is 14.1. The molecule has 1 heterocycles. The van der Waals surface area contributed by atoms with Crippen molar-refractivity contribution in [2.45, 2.75) is 45.7 Å². The molecule has 122 valence electrons. The molecule has 2 atom stereocenters. The molecule has 1 saturated carbocycles. The van der Waals surface area contributed by atoms with E-state index in [1.54, 1.807) is 0 Å². The van der Waals surface area contributed by atoms with Gasteiger partial charge in [0, 0.05) is 30.6 Å². The highest BCUT2D eigenvalue weighted by molar-refractivity contribution is 5.95. The maximum atomic E-state index is 13.2. The van der Waals surface area contributed by atoms with Gasteiger partial charge in [0.05, 0.1) is 0 Å². The Morgan fingerprint density at radius 1 is 1.26 bits per heavy atom. The maximum Gasteiger partial charge on any atom is 0.250 e. The summed E-state index contributed by atoms with van der Waals surface area (Å²) in [4.78, 5) is 15.3. The molecule has 4 rings (SSSR count). The van der Waals surface area contributed by atoms with Crippen molar-refractivity contribution in [3.05, 3.63) is 46.5 Å². The Bertz CT molecular complexity index is 660. The van der Waals surface area contributed by atoms with Crippen LogP contribution >= 0.6 is 0 Å². The number of hydrogen-bond donors (Lipinski definition) is 1. The molecule has 2 fully saturated rings. The Hall–Kier alpha value is -1.61. The van der Waals surface area contributed by atoms with Crippen LogP contribution in [0.25, 0.3) is 0 Å². The summed E-state index contributed by atoms with van der Waals surface area (Å²) in [6.07, 6.45) is 5.62. The fraction of sp³-hybridized carbons (Fsp3) is 0.550. The van der Waals surface area contributed by atoms with Crippen LogP contribution in [0, 0.1) is 25.7 Å². The topological polar surface area (TPSA) is 32.3 Å². The van der Waals surface area contributed by atoms with Crippen LogP contribution in [-0.2, 0) is 11.3 Å². The summed E-state index contributed by atoms with van der Waals surface area (Å²) in [6.45, 7) is 7.13. The van der Waals surface area contributed by atoms with Crippen LogP contribution in [0.4, 0.5) is 0 Å². The monoisotopic (exact) mass is 310 g/mol. The zero-order chi connectivity index (χ0) is 16.0. The number of nitrogens with one attached hydrogen (secondary N) is 1. The number of allylic oxidation sites excluding steroid dienone is 1. The van der Waals surface area contributed by atoms with E-state index in [1.807, 2.05) is 0 Å². The molecule has 1 aromatic rings. The van der Waals surface area contributed by atoms with Gasteiger partial charge in [-0.15, -0.1) is 0 Å². The van der Waals surface area contributed by atoms with E-state index < -0.39 is 0 Å². The molecule has 23 heavy (non-hydrogen) atoms. The Morgan fingerprint density at radius 3 is 2.87 bits per heavy atom. The minimum atomic E-state index is 0.296. The Balaban J connectivity index is 1.56. The summed E-state index contributed by atoms with van der Waals surface area (Å²) in [5.41, 5.74) is 5.01. The molecular weight excluding hydrogens is 284 g/mol. The van der Waals surface area contributed by atoms with E-state index in [0.29, 0.717) is 23.8 Å². The first-order valence-corrected chi connectivity index (χ1v) is 8.92. The molecule has 0 radical (unpaired) electrons. The van der Waals surface area contributed by atoms with Gasteiger partial charge in [0.15, 0.2) is 0 Å². The van der Waals surface area contributed by atoms with E-state index in [2.05, 4.69) is 48.3 Å². The van der Waals surface area contributed by atoms with E-state index in [0.717, 1.165) is 44.5 Å². The molecule has 1 aliphatic heterocycles. The first-order chi connectivity index (χ1) is 11.1. The second-order valence-corrected chi connectivity index (χ2v) is 7.44. The van der Waals surface area contributed by atoms with Gasteiger partial charge in [-0.05, 0) is 62.3 Å². The van der Waals surface area contributed by atoms with Crippen molar-refractivity contribution < 1.29 is 4.79 Å². The predicted molar refractivity (Wildman–Crippen MR) is 92.0 cm³/mol. The van der Waals surface area contributed by atoms with Gasteiger partial charge >= 0.3 is 0 Å². The molecule has 3 nitrogen and oxygen atoms in total. The number of aryl methyl sites for hydroxylation is 1. The van der Waals surface area contributed by atoms with Crippen LogP contribution in [0.5, 0.6) is 0 Å². The molecule has 2 aliphatic carbocycles. The van der Waals surface area contributed by atoms with Gasteiger partial charge in [0.2, 0.25) is 5.91 Å². The molecule has 2 unspecified atom stereocenters. The van der Waals surface area contributed by atoms with Crippen molar-refractivity contribution in [3.63, 3.8) is 0 Å². The third kappa shape index (κ3) is 2.72. The number of rotatable bonds is 4. The molecule has 1 amide bonds. The van der Waals surface area contributed by atoms with Gasteiger partial charge < -0.3 is 10.2 Å². The van der Waals surface area contributed by atoms with Gasteiger partial charge in [-0.2, -0.15) is 0 Å². The van der Waals surface area contributed by atoms with E-state index >= 15 is 0 Å². The molecule has 1 N–H and O–H groups in total. The predicted octanol–water partition coefficient (Wildman–Crippen LogP) is 2.96. The second-order valence-electron chi connectivity index (χ2n) is 7.44. The van der Waals surface area contributed by atoms with Gasteiger partial charge in [-0.25, -0.2) is 0 Å². The molecular formula is C20H26N2O. The molecule has 0 spiro atoms. The lowest BCUT2D eigenvalue weighted by molar-refractivity contribution is -0.128. The van der Waals surface area contributed by atoms with Gasteiger partial charge in [0.1, 0.15) is 0 Å². The van der Waals surface area contributed by atoms with Gasteiger partial charge in [-0.1, -0.05) is 24.3 Å². The van der Waals surface area contributed by atoms with Crippen LogP contribution < -0.4 is 5.32 Å². The highest BCUT2D eigenvalue weighted by Gasteiger charge is 2.41. The SMILES string of the molecule is Cc1cccc(CN(C(=O)C2=CCC3CNCC23)C2CC2)c1C. The molecule has 3 heteroatoms.